The van der Waals surface area contributed by atoms with E-state index >= 15 is 0 Å². The van der Waals surface area contributed by atoms with Crippen molar-refractivity contribution in [3.05, 3.63) is 72.8 Å². The summed E-state index contributed by atoms with van der Waals surface area (Å²) in [4.78, 5) is 24.5. The smallest absolute Gasteiger partial charge is 0.258 e. The Balaban J connectivity index is 1.57. The number of benzene rings is 2. The lowest BCUT2D eigenvalue weighted by Crippen LogP contribution is -2.65. The second kappa shape index (κ2) is 15.2. The van der Waals surface area contributed by atoms with Crippen LogP contribution >= 0.6 is 0 Å². The van der Waals surface area contributed by atoms with E-state index in [1.54, 1.807) is 6.92 Å². The van der Waals surface area contributed by atoms with Crippen LogP contribution in [-0.2, 0) is 14.0 Å². The molecule has 1 aliphatic heterocycles. The molecule has 1 heterocycles. The van der Waals surface area contributed by atoms with Gasteiger partial charge in [0.15, 0.2) is 8.32 Å². The van der Waals surface area contributed by atoms with Crippen molar-refractivity contribution in [2.24, 2.45) is 5.92 Å². The number of unbranched alkanes of at least 4 members (excludes halogenated alkanes) is 1. The summed E-state index contributed by atoms with van der Waals surface area (Å²) in [6.07, 6.45) is 7.85. The number of hydrogen-bond acceptors (Lipinski definition) is 4. The van der Waals surface area contributed by atoms with Gasteiger partial charge in [-0.05, 0) is 84.6 Å². The van der Waals surface area contributed by atoms with Crippen LogP contribution in [0.3, 0.4) is 0 Å². The largest absolute Gasteiger partial charge is 0.424 e. The Kier molecular flexibility index (Phi) is 12.6. The minimum Gasteiger partial charge on any atom is -0.424 e. The highest BCUT2D eigenvalue weighted by Crippen LogP contribution is 2.42. The van der Waals surface area contributed by atoms with Gasteiger partial charge in [-0.25, -0.2) is 0 Å². The molecule has 0 aliphatic carbocycles. The summed E-state index contributed by atoms with van der Waals surface area (Å²) in [6, 6.07) is 20.6. The molecule has 4 nitrogen and oxygen atoms in total. The molecule has 0 spiro atoms. The molecule has 2 aromatic rings. The van der Waals surface area contributed by atoms with E-state index in [1.807, 2.05) is 43.3 Å². The summed E-state index contributed by atoms with van der Waals surface area (Å²) in [5, 5.41) is 2.04. The first kappa shape index (κ1) is 36.6. The maximum absolute atomic E-state index is 12.4. The molecule has 3 rings (SSSR count). The second-order valence-corrected chi connectivity index (χ2v) is 24.2. The van der Waals surface area contributed by atoms with Crippen LogP contribution in [0.4, 0.5) is 0 Å². The van der Waals surface area contributed by atoms with Crippen molar-refractivity contribution >= 4 is 32.8 Å². The summed E-state index contributed by atoms with van der Waals surface area (Å²) < 4.78 is 13.4. The third kappa shape index (κ3) is 9.13. The van der Waals surface area contributed by atoms with Crippen LogP contribution in [0, 0.1) is 5.92 Å². The van der Waals surface area contributed by atoms with E-state index in [2.05, 4.69) is 78.6 Å². The molecule has 2 aromatic carbocycles. The molecule has 1 unspecified atom stereocenters. The van der Waals surface area contributed by atoms with Gasteiger partial charge in [-0.15, -0.1) is 0 Å². The van der Waals surface area contributed by atoms with Gasteiger partial charge in [-0.2, -0.15) is 0 Å². The van der Waals surface area contributed by atoms with Gasteiger partial charge in [0.2, 0.25) is 0 Å². The van der Waals surface area contributed by atoms with Gasteiger partial charge in [0.1, 0.15) is 5.78 Å². The summed E-state index contributed by atoms with van der Waals surface area (Å²) in [5.74, 6) is 0.228. The van der Waals surface area contributed by atoms with Crippen LogP contribution in [-0.4, -0.2) is 45.5 Å². The molecule has 0 saturated carbocycles. The Labute approximate surface area is 270 Å². The number of rotatable bonds is 16. The predicted molar refractivity (Wildman–Crippen MR) is 191 cm³/mol. The number of carbonyl (C=O) groups excluding carboxylic acids is 1. The minimum absolute atomic E-state index is 0.000958. The van der Waals surface area contributed by atoms with Gasteiger partial charge in [-0.1, -0.05) is 122 Å². The van der Waals surface area contributed by atoms with Gasteiger partial charge >= 0.3 is 0 Å². The number of Topliss-reactive ketones (excluding diaryl/α,β-unsaturated/α-hetero) is 1. The Morgan fingerprint density at radius 2 is 1.52 bits per heavy atom. The lowest BCUT2D eigenvalue weighted by molar-refractivity contribution is -0.121. The molecule has 4 atom stereocenters. The molecule has 0 aromatic heterocycles. The van der Waals surface area contributed by atoms with Crippen molar-refractivity contribution in [2.45, 2.75) is 141 Å². The van der Waals surface area contributed by atoms with Gasteiger partial charge in [0, 0.05) is 12.0 Å². The average molecular weight is 637 g/mol. The fraction of sp³-hybridized carbons (Fsp3) is 0.605. The van der Waals surface area contributed by atoms with Crippen molar-refractivity contribution in [1.82, 2.24) is 0 Å². The Hall–Kier alpha value is -1.84. The Bertz CT molecular complexity index is 1160. The number of carbonyl (C=O) groups is 1. The topological polar surface area (TPSA) is 55.8 Å². The highest BCUT2D eigenvalue weighted by atomic mass is 28.4. The molecule has 1 N–H and O–H groups in total. The quantitative estimate of drug-likeness (QED) is 0.114. The maximum atomic E-state index is 12.4. The molecule has 6 heteroatoms. The molecule has 0 bridgehead atoms. The van der Waals surface area contributed by atoms with Crippen LogP contribution < -0.4 is 10.4 Å². The minimum atomic E-state index is -2.98. The fourth-order valence-corrected chi connectivity index (χ4v) is 11.6. The molecule has 1 aliphatic rings. The van der Waals surface area contributed by atoms with Crippen LogP contribution in [0.25, 0.3) is 0 Å². The van der Waals surface area contributed by atoms with Gasteiger partial charge < -0.3 is 14.0 Å². The van der Waals surface area contributed by atoms with E-state index < -0.39 is 16.6 Å². The maximum Gasteiger partial charge on any atom is 0.258 e. The van der Waals surface area contributed by atoms with E-state index in [9.17, 15) is 9.59 Å². The average Bonchev–Trinajstić information content (AvgIpc) is 3.32. The molecule has 0 radical (unpaired) electrons. The van der Waals surface area contributed by atoms with E-state index in [-0.39, 0.29) is 40.1 Å². The monoisotopic (exact) mass is 636 g/mol. The highest BCUT2D eigenvalue weighted by molar-refractivity contribution is 6.98. The summed E-state index contributed by atoms with van der Waals surface area (Å²) in [5.41, 5.74) is 1.19. The van der Waals surface area contributed by atoms with Crippen LogP contribution in [0.15, 0.2) is 72.8 Å². The number of ketones is 1. The van der Waals surface area contributed by atoms with E-state index in [1.165, 1.54) is 5.57 Å². The van der Waals surface area contributed by atoms with Crippen LogP contribution in [0.1, 0.15) is 99.8 Å². The standard InChI is InChI=1S/C38H60O4Si2/c1-29(31(3)39)27-33(42-43(9,10)37(4,5)6)24-25-36-30(2)28-32(41-36)19-17-18-26-38(7,8)44(40,34-20-13-11-14-21-34)35-22-15-12-16-23-35/h11-16,20-23,29,32-33,36,40H,2,17-19,24-28H2,1,3-10H3/t29?,32-,33+,36-/m0/s1. The number of ether oxygens (including phenoxy) is 1. The van der Waals surface area contributed by atoms with Crippen molar-refractivity contribution in [2.75, 3.05) is 0 Å². The summed E-state index contributed by atoms with van der Waals surface area (Å²) in [7, 11) is -4.94. The molecular weight excluding hydrogens is 577 g/mol. The van der Waals surface area contributed by atoms with Crippen molar-refractivity contribution in [3.63, 3.8) is 0 Å². The van der Waals surface area contributed by atoms with E-state index in [0.717, 1.165) is 61.7 Å². The summed E-state index contributed by atoms with van der Waals surface area (Å²) in [6.45, 7) is 24.0. The van der Waals surface area contributed by atoms with E-state index in [0.29, 0.717) is 0 Å². The molecular formula is C38H60O4Si2. The lowest BCUT2D eigenvalue weighted by Gasteiger charge is -2.41. The second-order valence-electron chi connectivity index (χ2n) is 15.5. The highest BCUT2D eigenvalue weighted by Gasteiger charge is 2.49. The van der Waals surface area contributed by atoms with Gasteiger partial charge in [0.25, 0.3) is 8.32 Å². The third-order valence-electron chi connectivity index (χ3n) is 10.6. The first-order chi connectivity index (χ1) is 20.5. The zero-order valence-electron chi connectivity index (χ0n) is 29.1. The van der Waals surface area contributed by atoms with Crippen molar-refractivity contribution in [1.29, 1.82) is 0 Å². The summed E-state index contributed by atoms with van der Waals surface area (Å²) >= 11 is 0. The molecule has 1 fully saturated rings. The third-order valence-corrected chi connectivity index (χ3v) is 19.7. The van der Waals surface area contributed by atoms with Crippen molar-refractivity contribution in [3.8, 4) is 0 Å². The zero-order chi connectivity index (χ0) is 32.8. The normalized spacial score (nSPS) is 19.6. The van der Waals surface area contributed by atoms with Gasteiger partial charge in [0.05, 0.1) is 12.2 Å². The SMILES string of the molecule is C=C1C[C@H](CCCCC(C)(C)[Si](O)(c2ccccc2)c2ccccc2)O[C@H]1CC[C@H](CC(C)C(C)=O)O[Si](C)(C)C(C)(C)C. The van der Waals surface area contributed by atoms with E-state index in [4.69, 9.17) is 9.16 Å². The first-order valence-electron chi connectivity index (χ1n) is 16.8. The Morgan fingerprint density at radius 1 is 0.977 bits per heavy atom. The Morgan fingerprint density at radius 3 is 2.02 bits per heavy atom. The van der Waals surface area contributed by atoms with Crippen LogP contribution in [0.5, 0.6) is 0 Å². The molecule has 44 heavy (non-hydrogen) atoms. The molecule has 0 amide bonds. The fourth-order valence-electron chi connectivity index (χ4n) is 6.39. The molecule has 244 valence electrons. The first-order valence-corrected chi connectivity index (χ1v) is 21.7. The van der Waals surface area contributed by atoms with Crippen LogP contribution in [0.2, 0.25) is 23.2 Å². The number of hydrogen-bond donors (Lipinski definition) is 1. The molecule has 1 saturated heterocycles. The predicted octanol–water partition coefficient (Wildman–Crippen LogP) is 8.58. The van der Waals surface area contributed by atoms with Crippen molar-refractivity contribution < 1.29 is 18.8 Å². The zero-order valence-corrected chi connectivity index (χ0v) is 31.1. The van der Waals surface area contributed by atoms with Gasteiger partial charge in [-0.3, -0.25) is 4.79 Å². The lowest BCUT2D eigenvalue weighted by atomic mass is 9.95.